The number of hydrogen-bond acceptors (Lipinski definition) is 4. The number of rotatable bonds is 5. The first-order valence-corrected chi connectivity index (χ1v) is 8.65. The number of nitrogens with zero attached hydrogens (tertiary/aromatic N) is 2. The Morgan fingerprint density at radius 1 is 1.44 bits per heavy atom. The van der Waals surface area contributed by atoms with Gasteiger partial charge in [-0.05, 0) is 57.9 Å². The highest BCUT2D eigenvalue weighted by molar-refractivity contribution is 9.10. The molecule has 1 aromatic heterocycles. The Balaban J connectivity index is 1.97. The van der Waals surface area contributed by atoms with Crippen LogP contribution >= 0.6 is 27.5 Å². The van der Waals surface area contributed by atoms with E-state index in [2.05, 4.69) is 25.9 Å². The monoisotopic (exact) mass is 449 g/mol. The second kappa shape index (κ2) is 7.78. The number of carbonyl (C=O) groups is 1. The molecule has 0 radical (unpaired) electrons. The summed E-state index contributed by atoms with van der Waals surface area (Å²) in [7, 11) is 0. The third kappa shape index (κ3) is 4.27. The van der Waals surface area contributed by atoms with E-state index in [9.17, 15) is 14.4 Å². The minimum Gasteiger partial charge on any atom is -0.479 e. The van der Waals surface area contributed by atoms with Crippen LogP contribution in [0.5, 0.6) is 5.75 Å². The molecule has 0 aliphatic carbocycles. The van der Waals surface area contributed by atoms with Crippen molar-refractivity contribution in [3.63, 3.8) is 0 Å². The van der Waals surface area contributed by atoms with Gasteiger partial charge < -0.3 is 14.8 Å². The summed E-state index contributed by atoms with van der Waals surface area (Å²) < 4.78 is 18.9. The van der Waals surface area contributed by atoms with Crippen LogP contribution < -0.4 is 4.74 Å². The number of hydrogen-bond donors (Lipinski definition) is 2. The Bertz CT molecular complexity index is 1100. The van der Waals surface area contributed by atoms with E-state index >= 15 is 0 Å². The summed E-state index contributed by atoms with van der Waals surface area (Å²) in [5.41, 5.74) is 1.79. The van der Waals surface area contributed by atoms with Crippen LogP contribution in [-0.4, -0.2) is 27.7 Å². The number of aromatic nitrogens is 2. The van der Waals surface area contributed by atoms with Crippen LogP contribution in [0.25, 0.3) is 22.7 Å². The molecule has 0 atom stereocenters. The average molecular weight is 451 g/mol. The van der Waals surface area contributed by atoms with Gasteiger partial charge in [-0.2, -0.15) is 5.26 Å². The highest BCUT2D eigenvalue weighted by atomic mass is 79.9. The Kier molecular flexibility index (Phi) is 5.44. The zero-order valence-corrected chi connectivity index (χ0v) is 15.8. The number of H-pyrrole nitrogens is 1. The number of carboxylic acid groups (broad SMARTS) is 1. The predicted molar refractivity (Wildman–Crippen MR) is 102 cm³/mol. The number of aromatic amines is 1. The number of aliphatic carboxylic acids is 1. The molecule has 0 saturated heterocycles. The van der Waals surface area contributed by atoms with Gasteiger partial charge in [0.05, 0.1) is 26.1 Å². The quantitative estimate of drug-likeness (QED) is 0.552. The molecule has 0 fully saturated rings. The minimum atomic E-state index is -1.13. The largest absolute Gasteiger partial charge is 0.479 e. The first-order valence-electron chi connectivity index (χ1n) is 7.48. The summed E-state index contributed by atoms with van der Waals surface area (Å²) in [6.07, 6.45) is 1.55. The van der Waals surface area contributed by atoms with Crippen molar-refractivity contribution in [3.8, 4) is 11.8 Å². The molecule has 9 heteroatoms. The molecule has 1 heterocycles. The van der Waals surface area contributed by atoms with E-state index in [-0.39, 0.29) is 22.2 Å². The van der Waals surface area contributed by atoms with Crippen molar-refractivity contribution in [1.29, 1.82) is 5.26 Å². The number of nitrogens with one attached hydrogen (secondary N) is 1. The summed E-state index contributed by atoms with van der Waals surface area (Å²) >= 11 is 9.42. The van der Waals surface area contributed by atoms with Gasteiger partial charge in [-0.25, -0.2) is 14.2 Å². The average Bonchev–Trinajstić information content (AvgIpc) is 3.01. The summed E-state index contributed by atoms with van der Waals surface area (Å²) in [5, 5.41) is 18.4. The number of carboxylic acids is 1. The maximum absolute atomic E-state index is 13.3. The number of halogens is 3. The van der Waals surface area contributed by atoms with Gasteiger partial charge in [-0.15, -0.1) is 0 Å². The van der Waals surface area contributed by atoms with Crippen LogP contribution in [0.4, 0.5) is 4.39 Å². The number of nitriles is 1. The minimum absolute atomic E-state index is 0.181. The molecule has 0 unspecified atom stereocenters. The topological polar surface area (TPSA) is 99.0 Å². The SMILES string of the molecule is N#C/C(=C/c1cc(Cl)c(OCC(=O)O)c(Br)c1)c1nc2ccc(F)cc2[nH]1. The van der Waals surface area contributed by atoms with Crippen LogP contribution in [-0.2, 0) is 4.79 Å². The van der Waals surface area contributed by atoms with Gasteiger partial charge in [0.15, 0.2) is 12.4 Å². The molecule has 0 aliphatic heterocycles. The predicted octanol–water partition coefficient (Wildman–Crippen LogP) is 4.65. The Labute approximate surface area is 166 Å². The summed E-state index contributed by atoms with van der Waals surface area (Å²) in [6.45, 7) is -0.535. The first kappa shape index (κ1) is 18.9. The first-order chi connectivity index (χ1) is 12.9. The Morgan fingerprint density at radius 3 is 2.89 bits per heavy atom. The fourth-order valence-electron chi connectivity index (χ4n) is 2.36. The van der Waals surface area contributed by atoms with Crippen LogP contribution in [0.3, 0.4) is 0 Å². The van der Waals surface area contributed by atoms with E-state index in [1.54, 1.807) is 12.1 Å². The van der Waals surface area contributed by atoms with E-state index in [0.717, 1.165) is 0 Å². The molecule has 0 amide bonds. The molecular weight excluding hydrogens is 441 g/mol. The Morgan fingerprint density at radius 2 is 2.22 bits per heavy atom. The number of imidazole rings is 1. The lowest BCUT2D eigenvalue weighted by molar-refractivity contribution is -0.139. The van der Waals surface area contributed by atoms with Gasteiger partial charge in [0.1, 0.15) is 17.7 Å². The number of benzene rings is 2. The van der Waals surface area contributed by atoms with E-state index < -0.39 is 18.4 Å². The Hall–Kier alpha value is -2.89. The molecule has 2 N–H and O–H groups in total. The molecule has 3 aromatic rings. The van der Waals surface area contributed by atoms with Gasteiger partial charge in [0.2, 0.25) is 0 Å². The lowest BCUT2D eigenvalue weighted by atomic mass is 10.1. The normalized spacial score (nSPS) is 11.4. The molecule has 3 rings (SSSR count). The highest BCUT2D eigenvalue weighted by Crippen LogP contribution is 2.35. The fraction of sp³-hybridized carbons (Fsp3) is 0.0556. The lowest BCUT2D eigenvalue weighted by Crippen LogP contribution is -2.10. The maximum atomic E-state index is 13.3. The summed E-state index contributed by atoms with van der Waals surface area (Å²) in [4.78, 5) is 17.8. The third-order valence-corrected chi connectivity index (χ3v) is 4.36. The van der Waals surface area contributed by atoms with Crippen molar-refractivity contribution in [1.82, 2.24) is 9.97 Å². The van der Waals surface area contributed by atoms with Gasteiger partial charge in [0, 0.05) is 0 Å². The van der Waals surface area contributed by atoms with Gasteiger partial charge >= 0.3 is 5.97 Å². The van der Waals surface area contributed by atoms with Gasteiger partial charge in [0.25, 0.3) is 0 Å². The molecule has 0 spiro atoms. The molecule has 0 aliphatic rings. The summed E-state index contributed by atoms with van der Waals surface area (Å²) in [5.74, 6) is -1.06. The van der Waals surface area contributed by atoms with Crippen molar-refractivity contribution in [2.75, 3.05) is 6.61 Å². The van der Waals surface area contributed by atoms with E-state index in [4.69, 9.17) is 21.4 Å². The van der Waals surface area contributed by atoms with E-state index in [0.29, 0.717) is 21.1 Å². The molecule has 6 nitrogen and oxygen atoms in total. The third-order valence-electron chi connectivity index (χ3n) is 3.49. The van der Waals surface area contributed by atoms with Gasteiger partial charge in [-0.1, -0.05) is 11.6 Å². The second-order valence-electron chi connectivity index (χ2n) is 5.41. The lowest BCUT2D eigenvalue weighted by Gasteiger charge is -2.09. The molecule has 27 heavy (non-hydrogen) atoms. The van der Waals surface area contributed by atoms with Gasteiger partial charge in [-0.3, -0.25) is 0 Å². The van der Waals surface area contributed by atoms with Crippen LogP contribution in [0, 0.1) is 17.1 Å². The highest BCUT2D eigenvalue weighted by Gasteiger charge is 2.13. The molecular formula is C18H10BrClFN3O3. The standard InChI is InChI=1S/C18H10BrClFN3O3/c19-12-4-9(5-13(20)17(12)27-8-16(25)26)3-10(7-22)18-23-14-2-1-11(21)6-15(14)24-18/h1-6H,8H2,(H,23,24)(H,25,26)/b10-3-. The maximum Gasteiger partial charge on any atom is 0.341 e. The summed E-state index contributed by atoms with van der Waals surface area (Å²) in [6, 6.07) is 9.30. The van der Waals surface area contributed by atoms with E-state index in [1.165, 1.54) is 24.3 Å². The number of ether oxygens (including phenoxy) is 1. The fourth-order valence-corrected chi connectivity index (χ4v) is 3.35. The zero-order chi connectivity index (χ0) is 19.6. The van der Waals surface area contributed by atoms with Crippen LogP contribution in [0.15, 0.2) is 34.8 Å². The van der Waals surface area contributed by atoms with Crippen molar-refractivity contribution in [2.45, 2.75) is 0 Å². The molecule has 136 valence electrons. The van der Waals surface area contributed by atoms with Crippen molar-refractivity contribution in [2.24, 2.45) is 0 Å². The van der Waals surface area contributed by atoms with Crippen LogP contribution in [0.2, 0.25) is 5.02 Å². The smallest absolute Gasteiger partial charge is 0.341 e. The van der Waals surface area contributed by atoms with Crippen LogP contribution in [0.1, 0.15) is 11.4 Å². The zero-order valence-electron chi connectivity index (χ0n) is 13.5. The second-order valence-corrected chi connectivity index (χ2v) is 6.67. The van der Waals surface area contributed by atoms with E-state index in [1.807, 2.05) is 6.07 Å². The molecule has 2 aromatic carbocycles. The number of fused-ring (bicyclic) bond motifs is 1. The molecule has 0 bridgehead atoms. The van der Waals surface area contributed by atoms with Crippen molar-refractivity contribution in [3.05, 3.63) is 57.0 Å². The molecule has 0 saturated carbocycles. The van der Waals surface area contributed by atoms with Crippen molar-refractivity contribution >= 4 is 56.2 Å². The van der Waals surface area contributed by atoms with Crippen molar-refractivity contribution < 1.29 is 19.0 Å². The number of allylic oxidation sites excluding steroid dienone is 1.